The van der Waals surface area contributed by atoms with Crippen molar-refractivity contribution >= 4 is 45.5 Å². The van der Waals surface area contributed by atoms with Gasteiger partial charge in [0.25, 0.3) is 11.8 Å². The third-order valence-electron chi connectivity index (χ3n) is 4.36. The zero-order valence-electron chi connectivity index (χ0n) is 16.6. The summed E-state index contributed by atoms with van der Waals surface area (Å²) in [6, 6.07) is 10.2. The first-order valence-electron chi connectivity index (χ1n) is 8.96. The van der Waals surface area contributed by atoms with E-state index in [1.165, 1.54) is 20.2 Å². The van der Waals surface area contributed by atoms with Crippen LogP contribution in [-0.4, -0.2) is 43.5 Å². The highest BCUT2D eigenvalue weighted by Gasteiger charge is 2.30. The highest BCUT2D eigenvalue weighted by molar-refractivity contribution is 9.10. The van der Waals surface area contributed by atoms with Crippen molar-refractivity contribution in [1.29, 1.82) is 0 Å². The number of carbonyl (C=O) groups is 3. The van der Waals surface area contributed by atoms with Crippen molar-refractivity contribution in [3.63, 3.8) is 0 Å². The predicted molar refractivity (Wildman–Crippen MR) is 115 cm³/mol. The maximum atomic E-state index is 12.2. The minimum absolute atomic E-state index is 0.149. The number of hydrogen-bond acceptors (Lipinski definition) is 5. The van der Waals surface area contributed by atoms with Crippen LogP contribution in [0.2, 0.25) is 0 Å². The summed E-state index contributed by atoms with van der Waals surface area (Å²) in [5.41, 5.74) is 2.52. The Morgan fingerprint density at radius 3 is 2.50 bits per heavy atom. The summed E-state index contributed by atoms with van der Waals surface area (Å²) in [7, 11) is 2.86. The van der Waals surface area contributed by atoms with Gasteiger partial charge in [0.15, 0.2) is 18.1 Å². The quantitative estimate of drug-likeness (QED) is 0.495. The molecule has 2 N–H and O–H groups in total. The van der Waals surface area contributed by atoms with Crippen LogP contribution in [0.15, 0.2) is 46.6 Å². The Morgan fingerprint density at radius 1 is 1.20 bits per heavy atom. The third kappa shape index (κ3) is 4.80. The molecular formula is C21H20BrN3O5. The second kappa shape index (κ2) is 9.00. The largest absolute Gasteiger partial charge is 0.493 e. The smallest absolute Gasteiger partial charge is 0.328 e. The molecular weight excluding hydrogens is 454 g/mol. The summed E-state index contributed by atoms with van der Waals surface area (Å²) < 4.78 is 11.6. The fourth-order valence-corrected chi connectivity index (χ4v) is 3.13. The van der Waals surface area contributed by atoms with Gasteiger partial charge in [-0.05, 0) is 42.8 Å². The van der Waals surface area contributed by atoms with Crippen molar-refractivity contribution in [3.05, 3.63) is 57.7 Å². The molecule has 1 fully saturated rings. The van der Waals surface area contributed by atoms with E-state index < -0.39 is 11.9 Å². The molecule has 9 heteroatoms. The second-order valence-electron chi connectivity index (χ2n) is 6.58. The first-order valence-corrected chi connectivity index (χ1v) is 9.75. The van der Waals surface area contributed by atoms with Gasteiger partial charge in [-0.2, -0.15) is 0 Å². The van der Waals surface area contributed by atoms with E-state index in [0.29, 0.717) is 27.2 Å². The molecule has 0 spiro atoms. The Bertz CT molecular complexity index is 1030. The molecule has 0 aromatic heterocycles. The van der Waals surface area contributed by atoms with Gasteiger partial charge in [0.2, 0.25) is 0 Å². The van der Waals surface area contributed by atoms with Crippen LogP contribution in [-0.2, 0) is 9.59 Å². The summed E-state index contributed by atoms with van der Waals surface area (Å²) in [5.74, 6) is -0.0210. The molecule has 0 radical (unpaired) electrons. The fourth-order valence-electron chi connectivity index (χ4n) is 2.69. The number of ether oxygens (including phenoxy) is 2. The number of benzene rings is 2. The highest BCUT2D eigenvalue weighted by Crippen LogP contribution is 2.35. The summed E-state index contributed by atoms with van der Waals surface area (Å²) in [6.07, 6.45) is 1.53. The molecule has 0 bridgehead atoms. The SMILES string of the molecule is COc1cc(/C=C2/NC(=O)N(C)C2=O)c(Br)cc1OCC(=O)Nc1ccc(C)cc1. The number of imide groups is 1. The number of rotatable bonds is 6. The molecule has 0 atom stereocenters. The third-order valence-corrected chi connectivity index (χ3v) is 5.04. The van der Waals surface area contributed by atoms with Crippen LogP contribution in [0.25, 0.3) is 6.08 Å². The van der Waals surface area contributed by atoms with Gasteiger partial charge in [-0.1, -0.05) is 33.6 Å². The molecule has 156 valence electrons. The Balaban J connectivity index is 1.72. The maximum Gasteiger partial charge on any atom is 0.328 e. The van der Waals surface area contributed by atoms with Crippen LogP contribution in [0.3, 0.4) is 0 Å². The average Bonchev–Trinajstić information content (AvgIpc) is 2.96. The van der Waals surface area contributed by atoms with E-state index >= 15 is 0 Å². The molecule has 30 heavy (non-hydrogen) atoms. The van der Waals surface area contributed by atoms with E-state index in [1.807, 2.05) is 31.2 Å². The Hall–Kier alpha value is -3.33. The first-order chi connectivity index (χ1) is 14.3. The van der Waals surface area contributed by atoms with E-state index in [9.17, 15) is 14.4 Å². The van der Waals surface area contributed by atoms with Crippen LogP contribution < -0.4 is 20.1 Å². The van der Waals surface area contributed by atoms with E-state index in [-0.39, 0.29) is 18.2 Å². The number of likely N-dealkylation sites (N-methyl/N-ethyl adjacent to an activating group) is 1. The monoisotopic (exact) mass is 473 g/mol. The average molecular weight is 474 g/mol. The van der Waals surface area contributed by atoms with Crippen LogP contribution in [0.5, 0.6) is 11.5 Å². The molecule has 3 rings (SSSR count). The minimum atomic E-state index is -0.492. The topological polar surface area (TPSA) is 97.0 Å². The van der Waals surface area contributed by atoms with Crippen molar-refractivity contribution in [2.75, 3.05) is 26.1 Å². The number of halogens is 1. The molecule has 4 amide bonds. The molecule has 1 aliphatic rings. The van der Waals surface area contributed by atoms with Gasteiger partial charge in [-0.15, -0.1) is 0 Å². The zero-order chi connectivity index (χ0) is 21.8. The number of amides is 4. The number of nitrogens with zero attached hydrogens (tertiary/aromatic N) is 1. The molecule has 8 nitrogen and oxygen atoms in total. The summed E-state index contributed by atoms with van der Waals surface area (Å²) in [4.78, 5) is 36.8. The van der Waals surface area contributed by atoms with E-state index in [4.69, 9.17) is 9.47 Å². The molecule has 2 aromatic rings. The minimum Gasteiger partial charge on any atom is -0.493 e. The number of aryl methyl sites for hydroxylation is 1. The summed E-state index contributed by atoms with van der Waals surface area (Å²) in [5, 5.41) is 5.26. The van der Waals surface area contributed by atoms with Crippen LogP contribution in [0, 0.1) is 6.92 Å². The predicted octanol–water partition coefficient (Wildman–Crippen LogP) is 3.31. The number of hydrogen-bond donors (Lipinski definition) is 2. The number of carbonyl (C=O) groups excluding carboxylic acids is 3. The van der Waals surface area contributed by atoms with E-state index in [1.54, 1.807) is 12.1 Å². The molecule has 0 unspecified atom stereocenters. The van der Waals surface area contributed by atoms with Crippen LogP contribution in [0.4, 0.5) is 10.5 Å². The van der Waals surface area contributed by atoms with Gasteiger partial charge < -0.3 is 20.1 Å². The summed E-state index contributed by atoms with van der Waals surface area (Å²) in [6.45, 7) is 1.75. The van der Waals surface area contributed by atoms with Gasteiger partial charge in [-0.3, -0.25) is 14.5 Å². The number of methoxy groups -OCH3 is 1. The first kappa shape index (κ1) is 21.4. The molecule has 0 aliphatic carbocycles. The van der Waals surface area contributed by atoms with Gasteiger partial charge >= 0.3 is 6.03 Å². The lowest BCUT2D eigenvalue weighted by molar-refractivity contribution is -0.122. The van der Waals surface area contributed by atoms with Gasteiger partial charge in [-0.25, -0.2) is 4.79 Å². The maximum absolute atomic E-state index is 12.2. The van der Waals surface area contributed by atoms with E-state index in [2.05, 4.69) is 26.6 Å². The van der Waals surface area contributed by atoms with Crippen molar-refractivity contribution in [1.82, 2.24) is 10.2 Å². The fraction of sp³-hybridized carbons (Fsp3) is 0.190. The number of nitrogens with one attached hydrogen (secondary N) is 2. The van der Waals surface area contributed by atoms with Crippen molar-refractivity contribution in [2.45, 2.75) is 6.92 Å². The van der Waals surface area contributed by atoms with Crippen LogP contribution in [0.1, 0.15) is 11.1 Å². The number of anilines is 1. The van der Waals surface area contributed by atoms with Gasteiger partial charge in [0.1, 0.15) is 5.70 Å². The summed E-state index contributed by atoms with van der Waals surface area (Å²) >= 11 is 3.42. The van der Waals surface area contributed by atoms with Crippen molar-refractivity contribution < 1.29 is 23.9 Å². The lowest BCUT2D eigenvalue weighted by Gasteiger charge is -2.13. The molecule has 1 heterocycles. The Morgan fingerprint density at radius 2 is 1.90 bits per heavy atom. The standard InChI is InChI=1S/C21H20BrN3O5/c1-12-4-6-14(7-5-12)23-19(26)11-30-18-10-15(22)13(9-17(18)29-3)8-16-20(27)25(2)21(28)24-16/h4-10H,11H2,1-3H3,(H,23,26)(H,24,28)/b16-8+. The van der Waals surface area contributed by atoms with E-state index in [0.717, 1.165) is 10.5 Å². The van der Waals surface area contributed by atoms with Crippen LogP contribution >= 0.6 is 15.9 Å². The molecule has 1 aliphatic heterocycles. The molecule has 2 aromatic carbocycles. The Kier molecular flexibility index (Phi) is 6.41. The number of urea groups is 1. The normalized spacial score (nSPS) is 14.7. The second-order valence-corrected chi connectivity index (χ2v) is 7.43. The van der Waals surface area contributed by atoms with Gasteiger partial charge in [0.05, 0.1) is 7.11 Å². The highest BCUT2D eigenvalue weighted by atomic mass is 79.9. The van der Waals surface area contributed by atoms with Crippen molar-refractivity contribution in [2.24, 2.45) is 0 Å². The lowest BCUT2D eigenvalue weighted by atomic mass is 10.1. The zero-order valence-corrected chi connectivity index (χ0v) is 18.2. The lowest BCUT2D eigenvalue weighted by Crippen LogP contribution is -2.25. The van der Waals surface area contributed by atoms with Gasteiger partial charge in [0, 0.05) is 17.2 Å². The molecule has 1 saturated heterocycles. The Labute approximate surface area is 182 Å². The van der Waals surface area contributed by atoms with Crippen molar-refractivity contribution in [3.8, 4) is 11.5 Å². The molecule has 0 saturated carbocycles.